The van der Waals surface area contributed by atoms with Gasteiger partial charge in [-0.2, -0.15) is 0 Å². The van der Waals surface area contributed by atoms with E-state index in [1.165, 1.54) is 42.5 Å². The minimum absolute atomic E-state index is 0.000452. The Balaban J connectivity index is 1.92. The van der Waals surface area contributed by atoms with Gasteiger partial charge < -0.3 is 5.11 Å². The summed E-state index contributed by atoms with van der Waals surface area (Å²) in [5, 5.41) is 27.0. The van der Waals surface area contributed by atoms with Gasteiger partial charge in [-0.25, -0.2) is 17.9 Å². The van der Waals surface area contributed by atoms with Crippen LogP contribution in [0.5, 0.6) is 0 Å². The largest absolute Gasteiger partial charge is 0.507 e. The summed E-state index contributed by atoms with van der Waals surface area (Å²) in [6.45, 7) is 0. The number of non-ortho nitro benzene ring substituents is 1. The molecule has 1 amide bonds. The molecule has 0 aliphatic carbocycles. The molecule has 1 heterocycles. The number of halogens is 1. The van der Waals surface area contributed by atoms with E-state index in [0.29, 0.717) is 0 Å². The molecule has 3 aromatic rings. The van der Waals surface area contributed by atoms with Crippen molar-refractivity contribution in [2.24, 2.45) is 5.14 Å². The van der Waals surface area contributed by atoms with Crippen LogP contribution < -0.4 is 10.0 Å². The predicted octanol–water partition coefficient (Wildman–Crippen LogP) is 3.01. The highest BCUT2D eigenvalue weighted by atomic mass is 32.2. The summed E-state index contributed by atoms with van der Waals surface area (Å²) in [7, 11) is -4.04. The molecule has 4 rings (SSSR count). The van der Waals surface area contributed by atoms with Crippen molar-refractivity contribution >= 4 is 38.8 Å². The smallest absolute Gasteiger partial charge is 0.300 e. The molecule has 0 spiro atoms. The van der Waals surface area contributed by atoms with Gasteiger partial charge in [0.1, 0.15) is 11.6 Å². The van der Waals surface area contributed by atoms with Crippen LogP contribution in [0.1, 0.15) is 17.2 Å². The molecule has 1 aliphatic heterocycles. The minimum Gasteiger partial charge on any atom is -0.507 e. The Morgan fingerprint density at radius 1 is 1.00 bits per heavy atom. The SMILES string of the molecule is NS(=O)(=O)c1ccc(N2C(=O)C(=O)C(=C(O)c3ccc([N+](=O)[O-])cc3)C2c2ccccc2F)cc1. The Bertz CT molecular complexity index is 1500. The lowest BCUT2D eigenvalue weighted by molar-refractivity contribution is -0.384. The Labute approximate surface area is 197 Å². The van der Waals surface area contributed by atoms with Crippen molar-refractivity contribution in [2.45, 2.75) is 10.9 Å². The maximum atomic E-state index is 14.9. The molecular weight excluding hydrogens is 481 g/mol. The first-order chi connectivity index (χ1) is 16.5. The van der Waals surface area contributed by atoms with Crippen molar-refractivity contribution in [2.75, 3.05) is 4.90 Å². The summed E-state index contributed by atoms with van der Waals surface area (Å²) >= 11 is 0. The fraction of sp³-hybridized carbons (Fsp3) is 0.0435. The number of aliphatic hydroxyl groups excluding tert-OH is 1. The summed E-state index contributed by atoms with van der Waals surface area (Å²) in [4.78, 5) is 37.1. The van der Waals surface area contributed by atoms with E-state index in [2.05, 4.69) is 0 Å². The van der Waals surface area contributed by atoms with Crippen molar-refractivity contribution in [1.29, 1.82) is 0 Å². The third kappa shape index (κ3) is 4.27. The van der Waals surface area contributed by atoms with Crippen molar-refractivity contribution in [3.63, 3.8) is 0 Å². The van der Waals surface area contributed by atoms with Gasteiger partial charge in [0, 0.05) is 28.9 Å². The maximum absolute atomic E-state index is 14.9. The number of amides is 1. The van der Waals surface area contributed by atoms with Crippen LogP contribution in [0.4, 0.5) is 15.8 Å². The number of ketones is 1. The molecule has 1 aliphatic rings. The zero-order valence-electron chi connectivity index (χ0n) is 17.7. The molecule has 1 atom stereocenters. The molecule has 3 N–H and O–H groups in total. The van der Waals surface area contributed by atoms with Gasteiger partial charge in [-0.1, -0.05) is 18.2 Å². The standard InChI is InChI=1S/C23H16FN3O7S/c24-18-4-2-1-3-17(18)20-19(21(28)13-5-7-15(8-6-13)27(31)32)22(29)23(30)26(20)14-9-11-16(12-10-14)35(25,33)34/h1-12,20,28H,(H2,25,33,34). The van der Waals surface area contributed by atoms with E-state index in [1.807, 2.05) is 0 Å². The Morgan fingerprint density at radius 3 is 2.14 bits per heavy atom. The molecule has 35 heavy (non-hydrogen) atoms. The zero-order valence-corrected chi connectivity index (χ0v) is 18.5. The van der Waals surface area contributed by atoms with E-state index in [9.17, 15) is 37.6 Å². The number of anilines is 1. The molecule has 0 saturated carbocycles. The number of rotatable bonds is 5. The third-order valence-electron chi connectivity index (χ3n) is 5.44. The highest BCUT2D eigenvalue weighted by molar-refractivity contribution is 7.89. The second kappa shape index (κ2) is 8.74. The van der Waals surface area contributed by atoms with Crippen molar-refractivity contribution in [3.05, 3.63) is 105 Å². The predicted molar refractivity (Wildman–Crippen MR) is 122 cm³/mol. The van der Waals surface area contributed by atoms with Gasteiger partial charge in [0.15, 0.2) is 0 Å². The van der Waals surface area contributed by atoms with Crippen LogP contribution in [0.15, 0.2) is 83.3 Å². The second-order valence-corrected chi connectivity index (χ2v) is 9.09. The molecule has 10 nitrogen and oxygen atoms in total. The first kappa shape index (κ1) is 23.7. The average Bonchev–Trinajstić information content (AvgIpc) is 3.08. The van der Waals surface area contributed by atoms with Gasteiger partial charge in [-0.05, 0) is 42.5 Å². The number of nitro groups is 1. The summed E-state index contributed by atoms with van der Waals surface area (Å²) in [5.41, 5.74) is -0.757. The third-order valence-corrected chi connectivity index (χ3v) is 6.37. The number of sulfonamides is 1. The number of carbonyl (C=O) groups excluding carboxylic acids is 2. The van der Waals surface area contributed by atoms with Crippen molar-refractivity contribution in [3.8, 4) is 0 Å². The van der Waals surface area contributed by atoms with Gasteiger partial charge in [0.05, 0.1) is 21.4 Å². The summed E-state index contributed by atoms with van der Waals surface area (Å²) in [5.74, 6) is -3.63. The zero-order chi connectivity index (χ0) is 25.5. The van der Waals surface area contributed by atoms with Crippen LogP contribution >= 0.6 is 0 Å². The molecular formula is C23H16FN3O7S. The second-order valence-electron chi connectivity index (χ2n) is 7.53. The average molecular weight is 497 g/mol. The van der Waals surface area contributed by atoms with Gasteiger partial charge in [0.25, 0.3) is 17.4 Å². The number of aliphatic hydroxyl groups is 1. The summed E-state index contributed by atoms with van der Waals surface area (Å²) in [6, 6.07) is 13.2. The lowest BCUT2D eigenvalue weighted by Gasteiger charge is -2.25. The first-order valence-electron chi connectivity index (χ1n) is 9.94. The van der Waals surface area contributed by atoms with Gasteiger partial charge in [-0.3, -0.25) is 24.6 Å². The fourth-order valence-electron chi connectivity index (χ4n) is 3.78. The molecule has 1 saturated heterocycles. The summed E-state index contributed by atoms with van der Waals surface area (Å²) in [6.07, 6.45) is 0. The van der Waals surface area contributed by atoms with Crippen LogP contribution in [0.3, 0.4) is 0 Å². The molecule has 178 valence electrons. The molecule has 1 fully saturated rings. The molecule has 0 bridgehead atoms. The van der Waals surface area contributed by atoms with Gasteiger partial charge in [0.2, 0.25) is 10.0 Å². The van der Waals surface area contributed by atoms with E-state index < -0.39 is 49.8 Å². The number of Topliss-reactive ketones (excluding diaryl/α,β-unsaturated/α-hetero) is 1. The van der Waals surface area contributed by atoms with E-state index in [1.54, 1.807) is 0 Å². The highest BCUT2D eigenvalue weighted by Crippen LogP contribution is 2.43. The number of carbonyl (C=O) groups is 2. The number of benzene rings is 3. The van der Waals surface area contributed by atoms with E-state index in [-0.39, 0.29) is 27.4 Å². The number of nitrogens with two attached hydrogens (primary N) is 1. The maximum Gasteiger partial charge on any atom is 0.300 e. The highest BCUT2D eigenvalue weighted by Gasteiger charge is 2.47. The molecule has 3 aromatic carbocycles. The van der Waals surface area contributed by atoms with Crippen LogP contribution in [0, 0.1) is 15.9 Å². The first-order valence-corrected chi connectivity index (χ1v) is 11.5. The minimum atomic E-state index is -4.04. The van der Waals surface area contributed by atoms with E-state index in [0.717, 1.165) is 35.2 Å². The molecule has 0 radical (unpaired) electrons. The summed E-state index contributed by atoms with van der Waals surface area (Å²) < 4.78 is 38.0. The Kier molecular flexibility index (Phi) is 5.92. The van der Waals surface area contributed by atoms with Crippen molar-refractivity contribution in [1.82, 2.24) is 0 Å². The number of nitro benzene ring substituents is 1. The lowest BCUT2D eigenvalue weighted by atomic mass is 9.94. The van der Waals surface area contributed by atoms with Crippen LogP contribution in [-0.4, -0.2) is 30.1 Å². The van der Waals surface area contributed by atoms with Crippen LogP contribution in [0.2, 0.25) is 0 Å². The Morgan fingerprint density at radius 2 is 1.60 bits per heavy atom. The van der Waals surface area contributed by atoms with Gasteiger partial charge in [-0.15, -0.1) is 0 Å². The van der Waals surface area contributed by atoms with E-state index >= 15 is 0 Å². The van der Waals surface area contributed by atoms with Crippen LogP contribution in [-0.2, 0) is 19.6 Å². The van der Waals surface area contributed by atoms with Gasteiger partial charge >= 0.3 is 0 Å². The number of nitrogens with zero attached hydrogens (tertiary/aromatic N) is 2. The molecule has 0 aromatic heterocycles. The topological polar surface area (TPSA) is 161 Å². The monoisotopic (exact) mass is 497 g/mol. The lowest BCUT2D eigenvalue weighted by Crippen LogP contribution is -2.30. The normalized spacial score (nSPS) is 17.5. The Hall–Kier alpha value is -4.42. The molecule has 12 heteroatoms. The quantitative estimate of drug-likeness (QED) is 0.180. The fourth-order valence-corrected chi connectivity index (χ4v) is 4.30. The van der Waals surface area contributed by atoms with Crippen LogP contribution in [0.25, 0.3) is 5.76 Å². The van der Waals surface area contributed by atoms with E-state index in [4.69, 9.17) is 5.14 Å². The van der Waals surface area contributed by atoms with Crippen molar-refractivity contribution < 1.29 is 32.4 Å². The number of hydrogen-bond acceptors (Lipinski definition) is 7. The number of hydrogen-bond donors (Lipinski definition) is 2. The number of primary sulfonamides is 1. The molecule has 1 unspecified atom stereocenters.